The smallest absolute Gasteiger partial charge is 0.267 e. The zero-order chi connectivity index (χ0) is 13.8. The maximum absolute atomic E-state index is 10.7. The lowest BCUT2D eigenvalue weighted by Crippen LogP contribution is -2.20. The summed E-state index contributed by atoms with van der Waals surface area (Å²) in [7, 11) is 0. The van der Waals surface area contributed by atoms with Crippen molar-refractivity contribution in [3.63, 3.8) is 0 Å². The fourth-order valence-electron chi connectivity index (χ4n) is 1.17. The fourth-order valence-corrected chi connectivity index (χ4v) is 1.87. The van der Waals surface area contributed by atoms with E-state index in [0.717, 1.165) is 0 Å². The highest BCUT2D eigenvalue weighted by atomic mass is 32.1. The molecule has 2 aromatic heterocycles. The summed E-state index contributed by atoms with van der Waals surface area (Å²) in [5.74, 6) is 0.159. The van der Waals surface area contributed by atoms with Crippen molar-refractivity contribution in [2.24, 2.45) is 5.73 Å². The number of amides is 1. The van der Waals surface area contributed by atoms with Crippen LogP contribution >= 0.6 is 11.3 Å². The molecule has 0 aromatic carbocycles. The molecule has 0 aliphatic heterocycles. The number of hydrogen-bond acceptors (Lipinski definition) is 7. The molecule has 10 heteroatoms. The molecule has 19 heavy (non-hydrogen) atoms. The van der Waals surface area contributed by atoms with Crippen molar-refractivity contribution in [2.45, 2.75) is 13.5 Å². The third-order valence-corrected chi connectivity index (χ3v) is 2.68. The number of carbonyl (C=O) groups excluding carboxylic acids is 1. The van der Waals surface area contributed by atoms with E-state index in [2.05, 4.69) is 25.8 Å². The van der Waals surface area contributed by atoms with Gasteiger partial charge in [-0.05, 0) is 0 Å². The molecule has 2 aromatic rings. The maximum Gasteiger partial charge on any atom is 0.267 e. The van der Waals surface area contributed by atoms with Gasteiger partial charge in [-0.25, -0.2) is 4.98 Å². The van der Waals surface area contributed by atoms with Crippen molar-refractivity contribution in [1.82, 2.24) is 20.5 Å². The lowest BCUT2D eigenvalue weighted by atomic mass is 10.5. The number of rotatable bonds is 4. The van der Waals surface area contributed by atoms with Gasteiger partial charge < -0.3 is 20.8 Å². The summed E-state index contributed by atoms with van der Waals surface area (Å²) >= 11 is 1.26. The predicted octanol–water partition coefficient (Wildman–Crippen LogP) is 0.135. The van der Waals surface area contributed by atoms with Crippen LogP contribution in [-0.4, -0.2) is 27.0 Å². The van der Waals surface area contributed by atoms with Gasteiger partial charge in [-0.2, -0.15) is 0 Å². The number of anilines is 1. The Hall–Kier alpha value is -2.49. The van der Waals surface area contributed by atoms with Gasteiger partial charge in [-0.3, -0.25) is 10.2 Å². The Morgan fingerprint density at radius 2 is 2.37 bits per heavy atom. The van der Waals surface area contributed by atoms with E-state index in [4.69, 9.17) is 15.6 Å². The van der Waals surface area contributed by atoms with Gasteiger partial charge >= 0.3 is 0 Å². The van der Waals surface area contributed by atoms with E-state index < -0.39 is 0 Å². The van der Waals surface area contributed by atoms with Crippen LogP contribution in [-0.2, 0) is 11.3 Å². The highest BCUT2D eigenvalue weighted by Crippen LogP contribution is 2.23. The molecule has 0 radical (unpaired) electrons. The van der Waals surface area contributed by atoms with Gasteiger partial charge in [-0.15, -0.1) is 21.5 Å². The number of aromatic nitrogens is 3. The summed E-state index contributed by atoms with van der Waals surface area (Å²) < 4.78 is 5.33. The molecule has 2 heterocycles. The van der Waals surface area contributed by atoms with Crippen LogP contribution in [0.4, 0.5) is 5.13 Å². The van der Waals surface area contributed by atoms with Gasteiger partial charge in [0.05, 0.1) is 6.54 Å². The highest BCUT2D eigenvalue weighted by Gasteiger charge is 2.12. The van der Waals surface area contributed by atoms with Crippen molar-refractivity contribution in [2.75, 3.05) is 5.32 Å². The molecule has 100 valence electrons. The van der Waals surface area contributed by atoms with Gasteiger partial charge in [0.1, 0.15) is 5.69 Å². The molecule has 0 bridgehead atoms. The van der Waals surface area contributed by atoms with Crippen LogP contribution in [0.5, 0.6) is 0 Å². The summed E-state index contributed by atoms with van der Waals surface area (Å²) in [5.41, 5.74) is 5.67. The third-order valence-electron chi connectivity index (χ3n) is 1.92. The van der Waals surface area contributed by atoms with Crippen molar-refractivity contribution < 1.29 is 9.21 Å². The number of carbonyl (C=O) groups is 1. The molecule has 0 aliphatic rings. The van der Waals surface area contributed by atoms with Crippen LogP contribution in [0.3, 0.4) is 0 Å². The molecule has 5 N–H and O–H groups in total. The monoisotopic (exact) mass is 281 g/mol. The second-order valence-corrected chi connectivity index (χ2v) is 4.35. The van der Waals surface area contributed by atoms with E-state index in [1.807, 2.05) is 0 Å². The summed E-state index contributed by atoms with van der Waals surface area (Å²) in [6, 6.07) is 0. The van der Waals surface area contributed by atoms with Crippen molar-refractivity contribution >= 4 is 28.3 Å². The minimum atomic E-state index is -0.197. The normalized spacial score (nSPS) is 10.2. The summed E-state index contributed by atoms with van der Waals surface area (Å²) in [4.78, 5) is 14.9. The second kappa shape index (κ2) is 5.44. The lowest BCUT2D eigenvalue weighted by molar-refractivity contribution is -0.119. The molecule has 0 saturated carbocycles. The van der Waals surface area contributed by atoms with Crippen LogP contribution in [0.15, 0.2) is 9.80 Å². The number of nitrogens with zero attached hydrogens (tertiary/aromatic N) is 3. The Balaban J connectivity index is 2.07. The number of nitrogens with one attached hydrogen (secondary N) is 3. The van der Waals surface area contributed by atoms with Crippen molar-refractivity contribution in [3.05, 3.63) is 11.3 Å². The van der Waals surface area contributed by atoms with Gasteiger partial charge in [0.2, 0.25) is 11.8 Å². The number of hydrogen-bond donors (Lipinski definition) is 4. The van der Waals surface area contributed by atoms with Gasteiger partial charge in [-0.1, -0.05) is 0 Å². The molecule has 9 nitrogen and oxygen atoms in total. The van der Waals surface area contributed by atoms with Gasteiger partial charge in [0.15, 0.2) is 11.1 Å². The molecule has 2 rings (SSSR count). The number of guanidine groups is 1. The predicted molar refractivity (Wildman–Crippen MR) is 68.5 cm³/mol. The second-order valence-electron chi connectivity index (χ2n) is 3.49. The van der Waals surface area contributed by atoms with Gasteiger partial charge in [0, 0.05) is 12.3 Å². The third kappa shape index (κ3) is 3.48. The SMILES string of the molecule is CC(=O)NCc1nnc(-c2csc(NC(=N)N)n2)o1. The average Bonchev–Trinajstić information content (AvgIpc) is 2.93. The average molecular weight is 281 g/mol. The van der Waals surface area contributed by atoms with Crippen LogP contribution in [0.2, 0.25) is 0 Å². The zero-order valence-corrected chi connectivity index (χ0v) is 10.7. The molecular formula is C9H11N7O2S. The topological polar surface area (TPSA) is 143 Å². The Bertz CT molecular complexity index is 605. The molecule has 0 spiro atoms. The first-order valence-corrected chi connectivity index (χ1v) is 6.06. The fraction of sp³-hybridized carbons (Fsp3) is 0.222. The van der Waals surface area contributed by atoms with Gasteiger partial charge in [0.25, 0.3) is 5.89 Å². The van der Waals surface area contributed by atoms with Crippen molar-refractivity contribution in [3.8, 4) is 11.6 Å². The highest BCUT2D eigenvalue weighted by molar-refractivity contribution is 7.14. The van der Waals surface area contributed by atoms with E-state index in [1.165, 1.54) is 18.3 Å². The molecule has 0 saturated heterocycles. The van der Waals surface area contributed by atoms with E-state index in [9.17, 15) is 4.79 Å². The Kier molecular flexibility index (Phi) is 3.71. The van der Waals surface area contributed by atoms with E-state index in [0.29, 0.717) is 16.7 Å². The van der Waals surface area contributed by atoms with Crippen LogP contribution < -0.4 is 16.4 Å². The Morgan fingerprint density at radius 3 is 3.05 bits per heavy atom. The first-order valence-electron chi connectivity index (χ1n) is 5.18. The maximum atomic E-state index is 10.7. The molecule has 0 aliphatic carbocycles. The van der Waals surface area contributed by atoms with Crippen LogP contribution in [0.1, 0.15) is 12.8 Å². The summed E-state index contributed by atoms with van der Waals surface area (Å²) in [6.07, 6.45) is 0. The van der Waals surface area contributed by atoms with Crippen LogP contribution in [0.25, 0.3) is 11.6 Å². The number of thiazole rings is 1. The van der Waals surface area contributed by atoms with E-state index >= 15 is 0 Å². The van der Waals surface area contributed by atoms with Crippen LogP contribution in [0, 0.1) is 5.41 Å². The molecular weight excluding hydrogens is 270 g/mol. The first-order chi connectivity index (χ1) is 9.04. The minimum absolute atomic E-state index is 0.172. The molecule has 0 fully saturated rings. The minimum Gasteiger partial charge on any atom is -0.417 e. The standard InChI is InChI=1S/C9H11N7O2S/c1-4(17)12-2-6-15-16-7(18-6)5-3-19-9(13-5)14-8(10)11/h3H,2H2,1H3,(H,12,17)(H4,10,11,13,14). The Labute approximate surface area is 111 Å². The largest absolute Gasteiger partial charge is 0.417 e. The van der Waals surface area contributed by atoms with Crippen molar-refractivity contribution in [1.29, 1.82) is 5.41 Å². The summed E-state index contributed by atoms with van der Waals surface area (Å²) in [5, 5.41) is 22.0. The zero-order valence-electron chi connectivity index (χ0n) is 9.93. The quantitative estimate of drug-likeness (QED) is 0.461. The van der Waals surface area contributed by atoms with E-state index in [1.54, 1.807) is 5.38 Å². The molecule has 0 unspecified atom stereocenters. The molecule has 1 amide bonds. The van der Waals surface area contributed by atoms with E-state index in [-0.39, 0.29) is 24.3 Å². The lowest BCUT2D eigenvalue weighted by Gasteiger charge is -1.95. The Morgan fingerprint density at radius 1 is 1.58 bits per heavy atom. The first kappa shape index (κ1) is 13.0. The summed E-state index contributed by atoms with van der Waals surface area (Å²) in [6.45, 7) is 1.57. The molecule has 0 atom stereocenters. The number of nitrogens with two attached hydrogens (primary N) is 1.